The van der Waals surface area contributed by atoms with Gasteiger partial charge in [0, 0.05) is 19.6 Å². The van der Waals surface area contributed by atoms with Gasteiger partial charge in [-0.15, -0.1) is 0 Å². The molecule has 2 aliphatic rings. The van der Waals surface area contributed by atoms with Crippen LogP contribution < -0.4 is 10.3 Å². The van der Waals surface area contributed by atoms with Gasteiger partial charge in [0.15, 0.2) is 5.43 Å². The van der Waals surface area contributed by atoms with Gasteiger partial charge >= 0.3 is 0 Å². The van der Waals surface area contributed by atoms with Crippen LogP contribution >= 0.6 is 0 Å². The van der Waals surface area contributed by atoms with Crippen LogP contribution in [-0.2, 0) is 6.54 Å². The molecule has 3 aromatic rings. The lowest BCUT2D eigenvalue weighted by Gasteiger charge is -2.31. The first-order valence-corrected chi connectivity index (χ1v) is 10.8. The Bertz CT molecular complexity index is 1040. The highest BCUT2D eigenvalue weighted by atomic mass is 16.4. The van der Waals surface area contributed by atoms with Crippen molar-refractivity contribution < 1.29 is 4.42 Å². The van der Waals surface area contributed by atoms with Gasteiger partial charge in [-0.25, -0.2) is 0 Å². The van der Waals surface area contributed by atoms with Crippen LogP contribution in [-0.4, -0.2) is 31.1 Å². The van der Waals surface area contributed by atoms with E-state index in [4.69, 9.17) is 4.42 Å². The molecule has 0 atom stereocenters. The molecule has 0 N–H and O–H groups in total. The Hall–Kier alpha value is -2.33. The molecule has 28 heavy (non-hydrogen) atoms. The molecule has 0 amide bonds. The molecule has 0 unspecified atom stereocenters. The molecule has 2 saturated heterocycles. The van der Waals surface area contributed by atoms with Crippen LogP contribution in [0.15, 0.2) is 45.6 Å². The van der Waals surface area contributed by atoms with Crippen molar-refractivity contribution in [1.82, 2.24) is 4.90 Å². The van der Waals surface area contributed by atoms with E-state index < -0.39 is 0 Å². The van der Waals surface area contributed by atoms with E-state index in [1.165, 1.54) is 38.5 Å². The summed E-state index contributed by atoms with van der Waals surface area (Å²) in [4.78, 5) is 18.5. The number of anilines is 1. The summed E-state index contributed by atoms with van der Waals surface area (Å²) >= 11 is 0. The van der Waals surface area contributed by atoms with E-state index in [9.17, 15) is 4.79 Å². The summed E-state index contributed by atoms with van der Waals surface area (Å²) in [6, 6.07) is 12.2. The maximum Gasteiger partial charge on any atom is 0.204 e. The van der Waals surface area contributed by atoms with E-state index in [1.807, 2.05) is 24.3 Å². The van der Waals surface area contributed by atoms with Crippen LogP contribution in [0.2, 0.25) is 0 Å². The number of piperidine rings is 2. The van der Waals surface area contributed by atoms with Crippen LogP contribution in [0.4, 0.5) is 5.88 Å². The van der Waals surface area contributed by atoms with Crippen LogP contribution in [0.3, 0.4) is 0 Å². The largest absolute Gasteiger partial charge is 0.440 e. The summed E-state index contributed by atoms with van der Waals surface area (Å²) in [5.74, 6) is 0.818. The molecule has 2 aromatic carbocycles. The Labute approximate surface area is 165 Å². The van der Waals surface area contributed by atoms with Gasteiger partial charge in [-0.1, -0.05) is 36.8 Å². The fraction of sp³-hybridized carbons (Fsp3) is 0.458. The van der Waals surface area contributed by atoms with Crippen LogP contribution in [0, 0.1) is 0 Å². The summed E-state index contributed by atoms with van der Waals surface area (Å²) in [5, 5.41) is 2.83. The third-order valence-corrected chi connectivity index (χ3v) is 6.33. The zero-order valence-electron chi connectivity index (χ0n) is 16.5. The van der Waals surface area contributed by atoms with Crippen molar-refractivity contribution in [3.63, 3.8) is 0 Å². The minimum Gasteiger partial charge on any atom is -0.440 e. The number of benzene rings is 2. The van der Waals surface area contributed by atoms with Crippen molar-refractivity contribution in [1.29, 1.82) is 0 Å². The zero-order valence-corrected chi connectivity index (χ0v) is 16.5. The Kier molecular flexibility index (Phi) is 4.81. The molecular weight excluding hydrogens is 348 g/mol. The van der Waals surface area contributed by atoms with Gasteiger partial charge in [-0.3, -0.25) is 9.69 Å². The summed E-state index contributed by atoms with van der Waals surface area (Å²) in [5.41, 5.74) is 1.73. The van der Waals surface area contributed by atoms with Crippen LogP contribution in [0.1, 0.15) is 44.1 Å². The van der Waals surface area contributed by atoms with Gasteiger partial charge in [0.25, 0.3) is 0 Å². The monoisotopic (exact) mass is 376 g/mol. The molecular formula is C24H28N2O2. The number of rotatable bonds is 3. The normalized spacial score (nSPS) is 18.8. The van der Waals surface area contributed by atoms with Gasteiger partial charge in [-0.05, 0) is 62.0 Å². The SMILES string of the molecule is O=c1c(CN2CCCCC2)c(N2CCCCC2)oc2ccc3ccccc3c12. The molecule has 2 fully saturated rings. The Morgan fingerprint density at radius 1 is 0.821 bits per heavy atom. The Morgan fingerprint density at radius 2 is 1.54 bits per heavy atom. The molecule has 4 nitrogen and oxygen atoms in total. The van der Waals surface area contributed by atoms with E-state index in [0.717, 1.165) is 53.8 Å². The third kappa shape index (κ3) is 3.20. The Morgan fingerprint density at radius 3 is 2.32 bits per heavy atom. The van der Waals surface area contributed by atoms with Crippen molar-refractivity contribution >= 4 is 27.6 Å². The van der Waals surface area contributed by atoms with Gasteiger partial charge < -0.3 is 9.32 Å². The Balaban J connectivity index is 1.70. The highest BCUT2D eigenvalue weighted by molar-refractivity contribution is 6.05. The van der Waals surface area contributed by atoms with Crippen LogP contribution in [0.5, 0.6) is 0 Å². The van der Waals surface area contributed by atoms with Crippen molar-refractivity contribution in [3.8, 4) is 0 Å². The van der Waals surface area contributed by atoms with E-state index in [2.05, 4.69) is 21.9 Å². The number of likely N-dealkylation sites (tertiary alicyclic amines) is 1. The first kappa shape index (κ1) is 17.7. The van der Waals surface area contributed by atoms with Crippen molar-refractivity contribution in [2.24, 2.45) is 0 Å². The maximum absolute atomic E-state index is 13.8. The summed E-state index contributed by atoms with van der Waals surface area (Å²) in [6.07, 6.45) is 7.35. The minimum absolute atomic E-state index is 0.157. The molecule has 0 bridgehead atoms. The molecule has 4 heteroatoms. The van der Waals surface area contributed by atoms with Gasteiger partial charge in [0.2, 0.25) is 5.88 Å². The molecule has 146 valence electrons. The fourth-order valence-electron chi connectivity index (χ4n) is 4.82. The van der Waals surface area contributed by atoms with E-state index >= 15 is 0 Å². The third-order valence-electron chi connectivity index (χ3n) is 6.33. The maximum atomic E-state index is 13.8. The lowest BCUT2D eigenvalue weighted by Crippen LogP contribution is -2.35. The lowest BCUT2D eigenvalue weighted by atomic mass is 10.0. The first-order chi connectivity index (χ1) is 13.8. The summed E-state index contributed by atoms with van der Waals surface area (Å²) < 4.78 is 6.46. The molecule has 1 aromatic heterocycles. The number of hydrogen-bond donors (Lipinski definition) is 0. The molecule has 0 radical (unpaired) electrons. The van der Waals surface area contributed by atoms with Crippen LogP contribution in [0.25, 0.3) is 21.7 Å². The standard InChI is InChI=1S/C24H28N2O2/c27-23-20(17-25-13-5-1-6-14-25)24(26-15-7-2-8-16-26)28-21-12-11-18-9-3-4-10-19(18)22(21)23/h3-4,9-12H,1-2,5-8,13-17H2. The first-order valence-electron chi connectivity index (χ1n) is 10.8. The summed E-state index contributed by atoms with van der Waals surface area (Å²) in [7, 11) is 0. The number of hydrogen-bond acceptors (Lipinski definition) is 4. The lowest BCUT2D eigenvalue weighted by molar-refractivity contribution is 0.219. The summed E-state index contributed by atoms with van der Waals surface area (Å²) in [6.45, 7) is 4.82. The quantitative estimate of drug-likeness (QED) is 0.608. The number of fused-ring (bicyclic) bond motifs is 3. The molecule has 0 aliphatic carbocycles. The number of nitrogens with zero attached hydrogens (tertiary/aromatic N) is 2. The zero-order chi connectivity index (χ0) is 18.9. The average molecular weight is 377 g/mol. The van der Waals surface area contributed by atoms with E-state index in [0.29, 0.717) is 12.1 Å². The van der Waals surface area contributed by atoms with Gasteiger partial charge in [0.1, 0.15) is 5.58 Å². The molecule has 0 spiro atoms. The highest BCUT2D eigenvalue weighted by Crippen LogP contribution is 2.31. The molecule has 0 saturated carbocycles. The van der Waals surface area contributed by atoms with E-state index in [1.54, 1.807) is 0 Å². The predicted molar refractivity (Wildman–Crippen MR) is 115 cm³/mol. The van der Waals surface area contributed by atoms with Crippen molar-refractivity contribution in [2.45, 2.75) is 45.1 Å². The topological polar surface area (TPSA) is 36.7 Å². The van der Waals surface area contributed by atoms with Gasteiger partial charge in [-0.2, -0.15) is 0 Å². The second-order valence-corrected chi connectivity index (χ2v) is 8.26. The molecule has 2 aliphatic heterocycles. The smallest absolute Gasteiger partial charge is 0.204 e. The molecule has 3 heterocycles. The average Bonchev–Trinajstić information content (AvgIpc) is 2.76. The fourth-order valence-corrected chi connectivity index (χ4v) is 4.82. The predicted octanol–water partition coefficient (Wildman–Crippen LogP) is 4.92. The van der Waals surface area contributed by atoms with Crippen molar-refractivity contribution in [3.05, 3.63) is 52.2 Å². The second-order valence-electron chi connectivity index (χ2n) is 8.26. The highest BCUT2D eigenvalue weighted by Gasteiger charge is 2.24. The van der Waals surface area contributed by atoms with E-state index in [-0.39, 0.29) is 5.43 Å². The second kappa shape index (κ2) is 7.59. The molecule has 5 rings (SSSR count). The minimum atomic E-state index is 0.157. The van der Waals surface area contributed by atoms with Crippen molar-refractivity contribution in [2.75, 3.05) is 31.1 Å². The van der Waals surface area contributed by atoms with Gasteiger partial charge in [0.05, 0.1) is 10.9 Å².